The third-order valence-electron chi connectivity index (χ3n) is 3.77. The van der Waals surface area contributed by atoms with Crippen molar-refractivity contribution in [3.8, 4) is 0 Å². The van der Waals surface area contributed by atoms with Gasteiger partial charge in [0, 0.05) is 43.5 Å². The minimum atomic E-state index is 0.0260. The molecular weight excluding hydrogens is 262 g/mol. The van der Waals surface area contributed by atoms with Gasteiger partial charge in [0.1, 0.15) is 5.82 Å². The van der Waals surface area contributed by atoms with Crippen molar-refractivity contribution in [3.05, 3.63) is 59.3 Å². The number of ketones is 1. The molecule has 21 heavy (non-hydrogen) atoms. The fourth-order valence-corrected chi connectivity index (χ4v) is 2.66. The van der Waals surface area contributed by atoms with Crippen molar-refractivity contribution in [1.29, 1.82) is 0 Å². The van der Waals surface area contributed by atoms with E-state index in [2.05, 4.69) is 15.2 Å². The summed E-state index contributed by atoms with van der Waals surface area (Å²) >= 11 is 0. The minimum Gasteiger partial charge on any atom is -0.354 e. The Morgan fingerprint density at radius 1 is 1.14 bits per heavy atom. The third kappa shape index (κ3) is 2.95. The van der Waals surface area contributed by atoms with E-state index in [0.29, 0.717) is 11.1 Å². The van der Waals surface area contributed by atoms with Crippen LogP contribution in [0.3, 0.4) is 0 Å². The van der Waals surface area contributed by atoms with E-state index in [4.69, 9.17) is 0 Å². The van der Waals surface area contributed by atoms with Gasteiger partial charge in [0.15, 0.2) is 5.78 Å². The van der Waals surface area contributed by atoms with E-state index in [-0.39, 0.29) is 5.78 Å². The van der Waals surface area contributed by atoms with E-state index in [1.807, 2.05) is 43.3 Å². The van der Waals surface area contributed by atoms with Crippen molar-refractivity contribution in [2.24, 2.45) is 0 Å². The molecule has 0 spiro atoms. The quantitative estimate of drug-likeness (QED) is 0.874. The lowest BCUT2D eigenvalue weighted by Gasteiger charge is -2.29. The van der Waals surface area contributed by atoms with Gasteiger partial charge in [-0.2, -0.15) is 0 Å². The van der Waals surface area contributed by atoms with Crippen molar-refractivity contribution >= 4 is 11.6 Å². The molecule has 1 aliphatic heterocycles. The van der Waals surface area contributed by atoms with Crippen LogP contribution in [0.15, 0.2) is 42.6 Å². The molecule has 1 saturated heterocycles. The fraction of sp³-hybridized carbons (Fsp3) is 0.294. The molecule has 3 rings (SSSR count). The lowest BCUT2D eigenvalue weighted by atomic mass is 10.0. The number of nitrogens with one attached hydrogen (secondary N) is 1. The molecule has 1 aromatic heterocycles. The predicted molar refractivity (Wildman–Crippen MR) is 83.9 cm³/mol. The molecule has 1 aliphatic rings. The molecule has 1 N–H and O–H groups in total. The molecule has 4 nitrogen and oxygen atoms in total. The Balaban J connectivity index is 1.85. The number of benzene rings is 1. The summed E-state index contributed by atoms with van der Waals surface area (Å²) in [7, 11) is 0. The van der Waals surface area contributed by atoms with Gasteiger partial charge in [0.05, 0.1) is 0 Å². The number of piperazine rings is 1. The zero-order chi connectivity index (χ0) is 14.7. The van der Waals surface area contributed by atoms with Crippen LogP contribution in [0.1, 0.15) is 21.5 Å². The third-order valence-corrected chi connectivity index (χ3v) is 3.77. The summed E-state index contributed by atoms with van der Waals surface area (Å²) in [6, 6.07) is 11.3. The number of carbonyl (C=O) groups excluding carboxylic acids is 1. The average molecular weight is 281 g/mol. The molecule has 2 heterocycles. The standard InChI is InChI=1S/C17H19N3O/c1-13-11-15(16(21)14-5-3-2-4-6-14)12-19-17(13)20-9-7-18-8-10-20/h2-6,11-12,18H,7-10H2,1H3. The maximum Gasteiger partial charge on any atom is 0.194 e. The summed E-state index contributed by atoms with van der Waals surface area (Å²) in [6.45, 7) is 5.89. The molecule has 0 radical (unpaired) electrons. The number of aromatic nitrogens is 1. The Labute approximate surface area is 124 Å². The number of hydrogen-bond acceptors (Lipinski definition) is 4. The molecule has 0 atom stereocenters. The normalized spacial score (nSPS) is 15.0. The Morgan fingerprint density at radius 3 is 2.52 bits per heavy atom. The number of carbonyl (C=O) groups is 1. The summed E-state index contributed by atoms with van der Waals surface area (Å²) in [4.78, 5) is 19.2. The molecule has 0 amide bonds. The first-order valence-electron chi connectivity index (χ1n) is 7.28. The van der Waals surface area contributed by atoms with Gasteiger partial charge in [-0.1, -0.05) is 30.3 Å². The van der Waals surface area contributed by atoms with Crippen molar-refractivity contribution in [2.75, 3.05) is 31.1 Å². The van der Waals surface area contributed by atoms with Crippen LogP contribution >= 0.6 is 0 Å². The number of anilines is 1. The van der Waals surface area contributed by atoms with Gasteiger partial charge in [-0.25, -0.2) is 4.98 Å². The van der Waals surface area contributed by atoms with E-state index >= 15 is 0 Å². The first-order chi connectivity index (χ1) is 10.3. The Bertz CT molecular complexity index is 634. The molecule has 4 heteroatoms. The lowest BCUT2D eigenvalue weighted by Crippen LogP contribution is -2.44. The molecule has 1 fully saturated rings. The molecule has 2 aromatic rings. The smallest absolute Gasteiger partial charge is 0.194 e. The average Bonchev–Trinajstić information content (AvgIpc) is 2.55. The fourth-order valence-electron chi connectivity index (χ4n) is 2.66. The molecule has 108 valence electrons. The van der Waals surface area contributed by atoms with Gasteiger partial charge in [-0.3, -0.25) is 4.79 Å². The summed E-state index contributed by atoms with van der Waals surface area (Å²) < 4.78 is 0. The summed E-state index contributed by atoms with van der Waals surface area (Å²) in [5.41, 5.74) is 2.41. The molecule has 1 aromatic carbocycles. The van der Waals surface area contributed by atoms with Gasteiger partial charge < -0.3 is 10.2 Å². The number of aryl methyl sites for hydroxylation is 1. The van der Waals surface area contributed by atoms with Gasteiger partial charge in [0.2, 0.25) is 0 Å². The Morgan fingerprint density at radius 2 is 1.86 bits per heavy atom. The van der Waals surface area contributed by atoms with Crippen LogP contribution in [0.25, 0.3) is 0 Å². The van der Waals surface area contributed by atoms with Crippen molar-refractivity contribution < 1.29 is 4.79 Å². The molecular formula is C17H19N3O. The largest absolute Gasteiger partial charge is 0.354 e. The summed E-state index contributed by atoms with van der Waals surface area (Å²) in [6.07, 6.45) is 1.69. The van der Waals surface area contributed by atoms with E-state index in [9.17, 15) is 4.79 Å². The maximum absolute atomic E-state index is 12.4. The molecule has 0 aliphatic carbocycles. The summed E-state index contributed by atoms with van der Waals surface area (Å²) in [5.74, 6) is 1.01. The highest BCUT2D eigenvalue weighted by Crippen LogP contribution is 2.20. The van der Waals surface area contributed by atoms with Crippen LogP contribution in [0, 0.1) is 6.92 Å². The van der Waals surface area contributed by atoms with Crippen LogP contribution in [-0.2, 0) is 0 Å². The first-order valence-corrected chi connectivity index (χ1v) is 7.28. The number of nitrogens with zero attached hydrogens (tertiary/aromatic N) is 2. The van der Waals surface area contributed by atoms with Gasteiger partial charge in [-0.15, -0.1) is 0 Å². The van der Waals surface area contributed by atoms with Crippen LogP contribution in [-0.4, -0.2) is 36.9 Å². The van der Waals surface area contributed by atoms with Crippen molar-refractivity contribution in [3.63, 3.8) is 0 Å². The lowest BCUT2D eigenvalue weighted by molar-refractivity contribution is 0.103. The Hall–Kier alpha value is -2.20. The van der Waals surface area contributed by atoms with Crippen LogP contribution in [0.5, 0.6) is 0 Å². The van der Waals surface area contributed by atoms with Crippen LogP contribution in [0.4, 0.5) is 5.82 Å². The van der Waals surface area contributed by atoms with E-state index < -0.39 is 0 Å². The highest BCUT2D eigenvalue weighted by Gasteiger charge is 2.16. The monoisotopic (exact) mass is 281 g/mol. The Kier molecular flexibility index (Phi) is 3.97. The summed E-state index contributed by atoms with van der Waals surface area (Å²) in [5, 5.41) is 3.33. The maximum atomic E-state index is 12.4. The second-order valence-electron chi connectivity index (χ2n) is 5.30. The highest BCUT2D eigenvalue weighted by atomic mass is 16.1. The minimum absolute atomic E-state index is 0.0260. The number of hydrogen-bond donors (Lipinski definition) is 1. The van der Waals surface area contributed by atoms with Gasteiger partial charge >= 0.3 is 0 Å². The zero-order valence-electron chi connectivity index (χ0n) is 12.2. The molecule has 0 saturated carbocycles. The first kappa shape index (κ1) is 13.8. The SMILES string of the molecule is Cc1cc(C(=O)c2ccccc2)cnc1N1CCNCC1. The van der Waals surface area contributed by atoms with E-state index in [1.165, 1.54) is 0 Å². The van der Waals surface area contributed by atoms with E-state index in [1.54, 1.807) is 6.20 Å². The highest BCUT2D eigenvalue weighted by molar-refractivity contribution is 6.09. The topological polar surface area (TPSA) is 45.2 Å². The number of pyridine rings is 1. The zero-order valence-corrected chi connectivity index (χ0v) is 12.2. The molecule has 0 unspecified atom stereocenters. The van der Waals surface area contributed by atoms with Gasteiger partial charge in [0.25, 0.3) is 0 Å². The van der Waals surface area contributed by atoms with Crippen LogP contribution in [0.2, 0.25) is 0 Å². The van der Waals surface area contributed by atoms with Crippen molar-refractivity contribution in [1.82, 2.24) is 10.3 Å². The van der Waals surface area contributed by atoms with Crippen LogP contribution < -0.4 is 10.2 Å². The second-order valence-corrected chi connectivity index (χ2v) is 5.30. The van der Waals surface area contributed by atoms with E-state index in [0.717, 1.165) is 37.6 Å². The predicted octanol–water partition coefficient (Wildman–Crippen LogP) is 2.03. The second kappa shape index (κ2) is 6.06. The van der Waals surface area contributed by atoms with Crippen molar-refractivity contribution in [2.45, 2.75) is 6.92 Å². The molecule has 0 bridgehead atoms. The van der Waals surface area contributed by atoms with Gasteiger partial charge in [-0.05, 0) is 18.6 Å². The number of rotatable bonds is 3.